The first kappa shape index (κ1) is 22.5. The van der Waals surface area contributed by atoms with Crippen molar-refractivity contribution in [1.82, 2.24) is 10.2 Å². The van der Waals surface area contributed by atoms with Crippen molar-refractivity contribution < 1.29 is 14.0 Å². The molecule has 2 aliphatic rings. The van der Waals surface area contributed by atoms with E-state index in [4.69, 9.17) is 0 Å². The molecule has 0 radical (unpaired) electrons. The number of hydrogen-bond acceptors (Lipinski definition) is 2. The molecule has 0 bridgehead atoms. The van der Waals surface area contributed by atoms with Gasteiger partial charge in [-0.25, -0.2) is 4.39 Å². The van der Waals surface area contributed by atoms with Crippen LogP contribution in [0.4, 0.5) is 4.39 Å². The second-order valence-electron chi connectivity index (χ2n) is 9.26. The molecule has 2 amide bonds. The number of rotatable bonds is 6. The molecule has 1 aliphatic carbocycles. The molecule has 5 heteroatoms. The average Bonchev–Trinajstić information content (AvgIpc) is 3.37. The number of nitrogens with zero attached hydrogens (tertiary/aromatic N) is 1. The number of benzene rings is 2. The standard InChI is InChI=1S/C27H33FN2O2/c1-2-19-11-13-20(14-12-19)23-15-24(18-30(17-23)27(32)21-7-3-4-8-21)26(31)29-16-22-9-5-6-10-25(22)28/h5-6,9-14,21,23-24H,2-4,7-8,15-18H2,1H3,(H,29,31)/t23-,24-/m1/s1. The molecular weight excluding hydrogens is 403 g/mol. The zero-order valence-corrected chi connectivity index (χ0v) is 18.9. The first-order valence-electron chi connectivity index (χ1n) is 11.9. The molecule has 1 N–H and O–H groups in total. The van der Waals surface area contributed by atoms with E-state index in [-0.39, 0.29) is 41.9 Å². The highest BCUT2D eigenvalue weighted by molar-refractivity contribution is 5.82. The summed E-state index contributed by atoms with van der Waals surface area (Å²) in [5, 5.41) is 2.91. The summed E-state index contributed by atoms with van der Waals surface area (Å²) in [6.07, 6.45) is 5.81. The number of carbonyl (C=O) groups is 2. The van der Waals surface area contributed by atoms with Crippen LogP contribution in [0.5, 0.6) is 0 Å². The van der Waals surface area contributed by atoms with Gasteiger partial charge in [0.2, 0.25) is 11.8 Å². The predicted octanol–water partition coefficient (Wildman–Crippen LogP) is 4.83. The Morgan fingerprint density at radius 1 is 1.00 bits per heavy atom. The summed E-state index contributed by atoms with van der Waals surface area (Å²) in [5.41, 5.74) is 2.93. The van der Waals surface area contributed by atoms with Crippen molar-refractivity contribution in [1.29, 1.82) is 0 Å². The van der Waals surface area contributed by atoms with E-state index in [2.05, 4.69) is 36.5 Å². The zero-order valence-electron chi connectivity index (χ0n) is 18.9. The molecule has 4 rings (SSSR count). The lowest BCUT2D eigenvalue weighted by Crippen LogP contribution is -2.49. The highest BCUT2D eigenvalue weighted by Crippen LogP contribution is 2.34. The van der Waals surface area contributed by atoms with Gasteiger partial charge in [-0.15, -0.1) is 0 Å². The topological polar surface area (TPSA) is 49.4 Å². The van der Waals surface area contributed by atoms with Crippen LogP contribution < -0.4 is 5.32 Å². The second-order valence-corrected chi connectivity index (χ2v) is 9.26. The third kappa shape index (κ3) is 5.20. The summed E-state index contributed by atoms with van der Waals surface area (Å²) < 4.78 is 14.0. The molecule has 1 saturated heterocycles. The van der Waals surface area contributed by atoms with E-state index in [1.54, 1.807) is 18.2 Å². The van der Waals surface area contributed by atoms with Crippen LogP contribution in [0.2, 0.25) is 0 Å². The number of amides is 2. The van der Waals surface area contributed by atoms with Gasteiger partial charge in [0.05, 0.1) is 5.92 Å². The van der Waals surface area contributed by atoms with Crippen LogP contribution in [-0.2, 0) is 22.6 Å². The molecule has 32 heavy (non-hydrogen) atoms. The van der Waals surface area contributed by atoms with E-state index in [1.165, 1.54) is 17.2 Å². The second kappa shape index (κ2) is 10.3. The SMILES string of the molecule is CCc1ccc([C@@H]2C[C@@H](C(=O)NCc3ccccc3F)CN(C(=O)C3CCCC3)C2)cc1. The van der Waals surface area contributed by atoms with Gasteiger partial charge in [0.1, 0.15) is 5.82 Å². The molecular formula is C27H33FN2O2. The van der Waals surface area contributed by atoms with Crippen molar-refractivity contribution in [3.05, 3.63) is 71.0 Å². The smallest absolute Gasteiger partial charge is 0.225 e. The van der Waals surface area contributed by atoms with Crippen LogP contribution in [0.15, 0.2) is 48.5 Å². The fraction of sp³-hybridized carbons (Fsp3) is 0.481. The Morgan fingerprint density at radius 3 is 2.41 bits per heavy atom. The van der Waals surface area contributed by atoms with Gasteiger partial charge in [-0.1, -0.05) is 62.2 Å². The fourth-order valence-corrected chi connectivity index (χ4v) is 5.14. The van der Waals surface area contributed by atoms with Gasteiger partial charge in [-0.3, -0.25) is 9.59 Å². The minimum absolute atomic E-state index is 0.0957. The van der Waals surface area contributed by atoms with Crippen LogP contribution in [0.1, 0.15) is 61.6 Å². The molecule has 2 fully saturated rings. The minimum Gasteiger partial charge on any atom is -0.352 e. The Kier molecular flexibility index (Phi) is 7.23. The molecule has 170 valence electrons. The van der Waals surface area contributed by atoms with Gasteiger partial charge < -0.3 is 10.2 Å². The molecule has 0 unspecified atom stereocenters. The lowest BCUT2D eigenvalue weighted by Gasteiger charge is -2.38. The van der Waals surface area contributed by atoms with E-state index >= 15 is 0 Å². The van der Waals surface area contributed by atoms with Crippen molar-refractivity contribution in [3.8, 4) is 0 Å². The monoisotopic (exact) mass is 436 g/mol. The van der Waals surface area contributed by atoms with Crippen molar-refractivity contribution in [2.45, 2.75) is 57.9 Å². The number of hydrogen-bond donors (Lipinski definition) is 1. The molecule has 1 saturated carbocycles. The largest absolute Gasteiger partial charge is 0.352 e. The average molecular weight is 437 g/mol. The lowest BCUT2D eigenvalue weighted by atomic mass is 9.83. The highest BCUT2D eigenvalue weighted by atomic mass is 19.1. The maximum absolute atomic E-state index is 14.0. The third-order valence-electron chi connectivity index (χ3n) is 7.11. The first-order valence-corrected chi connectivity index (χ1v) is 11.9. The Bertz CT molecular complexity index is 937. The lowest BCUT2D eigenvalue weighted by molar-refractivity contribution is -0.139. The van der Waals surface area contributed by atoms with Gasteiger partial charge in [0.25, 0.3) is 0 Å². The molecule has 0 aromatic heterocycles. The Morgan fingerprint density at radius 2 is 1.72 bits per heavy atom. The molecule has 0 spiro atoms. The number of nitrogens with one attached hydrogen (secondary N) is 1. The summed E-state index contributed by atoms with van der Waals surface area (Å²) in [6, 6.07) is 15.1. The van der Waals surface area contributed by atoms with Crippen molar-refractivity contribution in [2.24, 2.45) is 11.8 Å². The molecule has 2 atom stereocenters. The summed E-state index contributed by atoms with van der Waals surface area (Å²) in [6.45, 7) is 3.40. The zero-order chi connectivity index (χ0) is 22.5. The number of halogens is 1. The van der Waals surface area contributed by atoms with Crippen molar-refractivity contribution in [3.63, 3.8) is 0 Å². The Labute approximate surface area is 190 Å². The molecule has 2 aromatic rings. The molecule has 1 heterocycles. The van der Waals surface area contributed by atoms with Crippen molar-refractivity contribution in [2.75, 3.05) is 13.1 Å². The van der Waals surface area contributed by atoms with E-state index in [0.717, 1.165) is 32.1 Å². The quantitative estimate of drug-likeness (QED) is 0.705. The van der Waals surface area contributed by atoms with Gasteiger partial charge in [-0.05, 0) is 42.9 Å². The Balaban J connectivity index is 1.49. The third-order valence-corrected chi connectivity index (χ3v) is 7.11. The summed E-state index contributed by atoms with van der Waals surface area (Å²) >= 11 is 0. The first-order chi connectivity index (χ1) is 15.5. The maximum atomic E-state index is 14.0. The minimum atomic E-state index is -0.316. The molecule has 4 nitrogen and oxygen atoms in total. The Hall–Kier alpha value is -2.69. The molecule has 2 aromatic carbocycles. The van der Waals surface area contributed by atoms with E-state index in [0.29, 0.717) is 25.1 Å². The number of piperidine rings is 1. The number of aryl methyl sites for hydroxylation is 1. The van der Waals surface area contributed by atoms with Gasteiger partial charge >= 0.3 is 0 Å². The van der Waals surface area contributed by atoms with Crippen LogP contribution in [0.3, 0.4) is 0 Å². The highest BCUT2D eigenvalue weighted by Gasteiger charge is 2.37. The number of likely N-dealkylation sites (tertiary alicyclic amines) is 1. The van der Waals surface area contributed by atoms with Crippen molar-refractivity contribution >= 4 is 11.8 Å². The molecule has 1 aliphatic heterocycles. The van der Waals surface area contributed by atoms with Crippen LogP contribution >= 0.6 is 0 Å². The van der Waals surface area contributed by atoms with E-state index in [9.17, 15) is 14.0 Å². The predicted molar refractivity (Wildman–Crippen MR) is 123 cm³/mol. The van der Waals surface area contributed by atoms with Crippen LogP contribution in [0, 0.1) is 17.7 Å². The number of carbonyl (C=O) groups excluding carboxylic acids is 2. The van der Waals surface area contributed by atoms with Gasteiger partial charge in [0, 0.05) is 37.0 Å². The normalized spacial score (nSPS) is 21.5. The van der Waals surface area contributed by atoms with E-state index < -0.39 is 0 Å². The van der Waals surface area contributed by atoms with Gasteiger partial charge in [0.15, 0.2) is 0 Å². The van der Waals surface area contributed by atoms with E-state index in [1.807, 2.05) is 4.90 Å². The summed E-state index contributed by atoms with van der Waals surface area (Å²) in [5.74, 6) is -0.292. The summed E-state index contributed by atoms with van der Waals surface area (Å²) in [4.78, 5) is 28.2. The van der Waals surface area contributed by atoms with Crippen LogP contribution in [0.25, 0.3) is 0 Å². The van der Waals surface area contributed by atoms with Gasteiger partial charge in [-0.2, -0.15) is 0 Å². The summed E-state index contributed by atoms with van der Waals surface area (Å²) in [7, 11) is 0. The fourth-order valence-electron chi connectivity index (χ4n) is 5.14. The van der Waals surface area contributed by atoms with Crippen LogP contribution in [-0.4, -0.2) is 29.8 Å². The maximum Gasteiger partial charge on any atom is 0.225 e.